The molecule has 4 rings (SSSR count). The number of benzene rings is 2. The monoisotopic (exact) mass is 368 g/mol. The fraction of sp³-hybridized carbons (Fsp3) is 0.174. The number of hydrogen-bond acceptors (Lipinski definition) is 4. The van der Waals surface area contributed by atoms with Gasteiger partial charge >= 0.3 is 0 Å². The predicted octanol–water partition coefficient (Wildman–Crippen LogP) is 4.53. The van der Waals surface area contributed by atoms with E-state index in [-0.39, 0.29) is 0 Å². The van der Waals surface area contributed by atoms with Gasteiger partial charge in [0.1, 0.15) is 5.75 Å². The summed E-state index contributed by atoms with van der Waals surface area (Å²) >= 11 is 0. The second kappa shape index (κ2) is 7.53. The molecule has 0 radical (unpaired) electrons. The third kappa shape index (κ3) is 3.45. The second-order valence-corrected chi connectivity index (χ2v) is 6.72. The molecule has 0 spiro atoms. The van der Waals surface area contributed by atoms with Gasteiger partial charge in [0, 0.05) is 17.1 Å². The van der Waals surface area contributed by atoms with E-state index >= 15 is 0 Å². The van der Waals surface area contributed by atoms with Crippen LogP contribution < -0.4 is 4.74 Å². The molecule has 0 saturated heterocycles. The van der Waals surface area contributed by atoms with E-state index in [2.05, 4.69) is 17.2 Å². The lowest BCUT2D eigenvalue weighted by Crippen LogP contribution is -2.02. The SMILES string of the molecule is COc1ccc(Cn2nc(C)c3cc(-c4cccc(CC#N)c4)cnc32)cc1. The van der Waals surface area contributed by atoms with E-state index in [4.69, 9.17) is 15.0 Å². The maximum absolute atomic E-state index is 8.93. The van der Waals surface area contributed by atoms with Gasteiger partial charge in [-0.2, -0.15) is 10.4 Å². The summed E-state index contributed by atoms with van der Waals surface area (Å²) in [6.45, 7) is 2.66. The number of pyridine rings is 1. The van der Waals surface area contributed by atoms with Crippen molar-refractivity contribution in [1.29, 1.82) is 5.26 Å². The number of rotatable bonds is 5. The Morgan fingerprint density at radius 1 is 1.04 bits per heavy atom. The van der Waals surface area contributed by atoms with Gasteiger partial charge in [0.15, 0.2) is 5.65 Å². The third-order valence-corrected chi connectivity index (χ3v) is 4.81. The fourth-order valence-electron chi connectivity index (χ4n) is 3.34. The molecule has 5 heteroatoms. The Labute approximate surface area is 163 Å². The standard InChI is InChI=1S/C23H20N4O/c1-16-22-13-20(19-5-3-4-17(12-19)10-11-24)14-25-23(22)27(26-16)15-18-6-8-21(28-2)9-7-18/h3-9,12-14H,10,15H2,1-2H3. The Morgan fingerprint density at radius 3 is 2.61 bits per heavy atom. The van der Waals surface area contributed by atoms with Crippen LogP contribution in [-0.2, 0) is 13.0 Å². The van der Waals surface area contributed by atoms with E-state index in [1.807, 2.05) is 66.3 Å². The van der Waals surface area contributed by atoms with E-state index in [1.165, 1.54) is 0 Å². The molecule has 28 heavy (non-hydrogen) atoms. The molecule has 0 bridgehead atoms. The molecule has 0 saturated carbocycles. The Hall–Kier alpha value is -3.65. The van der Waals surface area contributed by atoms with Crippen molar-refractivity contribution >= 4 is 11.0 Å². The van der Waals surface area contributed by atoms with Crippen LogP contribution in [0.4, 0.5) is 0 Å². The van der Waals surface area contributed by atoms with Gasteiger partial charge in [-0.3, -0.25) is 0 Å². The summed E-state index contributed by atoms with van der Waals surface area (Å²) in [5.41, 5.74) is 6.05. The molecule has 2 aromatic carbocycles. The molecule has 138 valence electrons. The van der Waals surface area contributed by atoms with Crippen molar-refractivity contribution in [3.8, 4) is 22.9 Å². The van der Waals surface area contributed by atoms with Crippen molar-refractivity contribution in [1.82, 2.24) is 14.8 Å². The number of ether oxygens (including phenoxy) is 1. The number of fused-ring (bicyclic) bond motifs is 1. The quantitative estimate of drug-likeness (QED) is 0.519. The second-order valence-electron chi connectivity index (χ2n) is 6.72. The Bertz CT molecular complexity index is 1170. The van der Waals surface area contributed by atoms with Crippen molar-refractivity contribution in [2.45, 2.75) is 19.9 Å². The highest BCUT2D eigenvalue weighted by atomic mass is 16.5. The lowest BCUT2D eigenvalue weighted by Gasteiger charge is -2.06. The largest absolute Gasteiger partial charge is 0.497 e. The normalized spacial score (nSPS) is 10.8. The van der Waals surface area contributed by atoms with Crippen molar-refractivity contribution in [3.63, 3.8) is 0 Å². The molecular formula is C23H20N4O. The van der Waals surface area contributed by atoms with Gasteiger partial charge in [0.05, 0.1) is 31.8 Å². The number of nitriles is 1. The van der Waals surface area contributed by atoms with E-state index in [0.717, 1.165) is 44.7 Å². The summed E-state index contributed by atoms with van der Waals surface area (Å²) in [4.78, 5) is 4.69. The summed E-state index contributed by atoms with van der Waals surface area (Å²) in [7, 11) is 1.66. The van der Waals surface area contributed by atoms with Gasteiger partial charge in [0.2, 0.25) is 0 Å². The van der Waals surface area contributed by atoms with Crippen molar-refractivity contribution in [3.05, 3.63) is 77.6 Å². The predicted molar refractivity (Wildman–Crippen MR) is 109 cm³/mol. The molecule has 0 atom stereocenters. The van der Waals surface area contributed by atoms with E-state index in [9.17, 15) is 0 Å². The first-order valence-corrected chi connectivity index (χ1v) is 9.10. The average Bonchev–Trinajstić information content (AvgIpc) is 3.04. The van der Waals surface area contributed by atoms with E-state index in [0.29, 0.717) is 13.0 Å². The van der Waals surface area contributed by atoms with Gasteiger partial charge in [0.25, 0.3) is 0 Å². The highest BCUT2D eigenvalue weighted by Gasteiger charge is 2.11. The van der Waals surface area contributed by atoms with Crippen LogP contribution in [0.15, 0.2) is 60.8 Å². The molecule has 0 aliphatic rings. The lowest BCUT2D eigenvalue weighted by molar-refractivity contribution is 0.414. The molecule has 0 unspecified atom stereocenters. The maximum atomic E-state index is 8.93. The highest BCUT2D eigenvalue weighted by molar-refractivity contribution is 5.83. The summed E-state index contributed by atoms with van der Waals surface area (Å²) in [5.74, 6) is 0.839. The summed E-state index contributed by atoms with van der Waals surface area (Å²) in [6.07, 6.45) is 2.28. The van der Waals surface area contributed by atoms with Gasteiger partial charge in [-0.05, 0) is 41.8 Å². The Balaban J connectivity index is 1.68. The summed E-state index contributed by atoms with van der Waals surface area (Å²) in [6, 6.07) is 20.3. The lowest BCUT2D eigenvalue weighted by atomic mass is 10.0. The van der Waals surface area contributed by atoms with Gasteiger partial charge in [-0.25, -0.2) is 9.67 Å². The minimum Gasteiger partial charge on any atom is -0.497 e. The number of aromatic nitrogens is 3. The first kappa shape index (κ1) is 17.7. The molecule has 4 aromatic rings. The molecule has 0 aliphatic carbocycles. The van der Waals surface area contributed by atoms with E-state index in [1.54, 1.807) is 7.11 Å². The van der Waals surface area contributed by atoms with Crippen LogP contribution in [-0.4, -0.2) is 21.9 Å². The summed E-state index contributed by atoms with van der Waals surface area (Å²) < 4.78 is 7.15. The zero-order chi connectivity index (χ0) is 19.5. The number of aryl methyl sites for hydroxylation is 1. The highest BCUT2D eigenvalue weighted by Crippen LogP contribution is 2.26. The number of methoxy groups -OCH3 is 1. The number of hydrogen-bond donors (Lipinski definition) is 0. The smallest absolute Gasteiger partial charge is 0.158 e. The fourth-order valence-corrected chi connectivity index (χ4v) is 3.34. The van der Waals surface area contributed by atoms with E-state index < -0.39 is 0 Å². The zero-order valence-corrected chi connectivity index (χ0v) is 15.9. The topological polar surface area (TPSA) is 63.7 Å². The first-order chi connectivity index (χ1) is 13.7. The van der Waals surface area contributed by atoms with Gasteiger partial charge < -0.3 is 4.74 Å². The maximum Gasteiger partial charge on any atom is 0.158 e. The molecule has 5 nitrogen and oxygen atoms in total. The molecule has 0 N–H and O–H groups in total. The summed E-state index contributed by atoms with van der Waals surface area (Å²) in [5, 5.41) is 14.7. The van der Waals surface area contributed by atoms with Crippen LogP contribution in [0, 0.1) is 18.3 Å². The van der Waals surface area contributed by atoms with Gasteiger partial charge in [-0.15, -0.1) is 0 Å². The van der Waals surface area contributed by atoms with Crippen molar-refractivity contribution in [2.24, 2.45) is 0 Å². The average molecular weight is 368 g/mol. The van der Waals surface area contributed by atoms with Crippen LogP contribution in [0.3, 0.4) is 0 Å². The minimum atomic E-state index is 0.405. The molecule has 0 aliphatic heterocycles. The minimum absolute atomic E-state index is 0.405. The van der Waals surface area contributed by atoms with Crippen LogP contribution in [0.25, 0.3) is 22.2 Å². The number of nitrogens with zero attached hydrogens (tertiary/aromatic N) is 4. The van der Waals surface area contributed by atoms with Gasteiger partial charge in [-0.1, -0.05) is 36.4 Å². The Morgan fingerprint density at radius 2 is 1.86 bits per heavy atom. The van der Waals surface area contributed by atoms with Crippen molar-refractivity contribution < 1.29 is 4.74 Å². The third-order valence-electron chi connectivity index (χ3n) is 4.81. The molecule has 0 amide bonds. The molecule has 2 aromatic heterocycles. The van der Waals surface area contributed by atoms with Crippen LogP contribution in [0.2, 0.25) is 0 Å². The zero-order valence-electron chi connectivity index (χ0n) is 15.9. The van der Waals surface area contributed by atoms with Crippen LogP contribution in [0.1, 0.15) is 16.8 Å². The molecule has 2 heterocycles. The van der Waals surface area contributed by atoms with Crippen LogP contribution in [0.5, 0.6) is 5.75 Å². The Kier molecular flexibility index (Phi) is 4.77. The van der Waals surface area contributed by atoms with Crippen LogP contribution >= 0.6 is 0 Å². The van der Waals surface area contributed by atoms with Crippen molar-refractivity contribution in [2.75, 3.05) is 7.11 Å². The molecule has 0 fully saturated rings. The molecular weight excluding hydrogens is 348 g/mol. The first-order valence-electron chi connectivity index (χ1n) is 9.10.